The molecule has 296 valence electrons. The number of cyclic esters (lactones) is 1. The Labute approximate surface area is 309 Å². The Morgan fingerprint density at radius 3 is 2.38 bits per heavy atom. The summed E-state index contributed by atoms with van der Waals surface area (Å²) in [6, 6.07) is 5.45. The molecule has 1 aromatic rings. The monoisotopic (exact) mass is 737 g/mol. The highest BCUT2D eigenvalue weighted by atomic mass is 19.1. The number of hydrogen-bond donors (Lipinski definition) is 4. The van der Waals surface area contributed by atoms with Crippen LogP contribution in [0, 0.1) is 29.5 Å². The Kier molecular flexibility index (Phi) is 13.2. The van der Waals surface area contributed by atoms with Gasteiger partial charge >= 0.3 is 5.97 Å². The van der Waals surface area contributed by atoms with E-state index >= 15 is 0 Å². The molecular formula is C39H64FN3O9. The van der Waals surface area contributed by atoms with E-state index in [1.54, 1.807) is 26.0 Å². The minimum absolute atomic E-state index is 0.0826. The van der Waals surface area contributed by atoms with Crippen molar-refractivity contribution in [2.24, 2.45) is 29.4 Å². The first-order valence-corrected chi connectivity index (χ1v) is 19.2. The lowest BCUT2D eigenvalue weighted by Crippen LogP contribution is -2.59. The number of carbonyl (C=O) groups excluding carboxylic acids is 1. The topological polar surface area (TPSA) is 154 Å². The fourth-order valence-corrected chi connectivity index (χ4v) is 9.32. The zero-order chi connectivity index (χ0) is 38.3. The molecule has 0 aliphatic carbocycles. The number of nitrogens with two attached hydrogens (primary N) is 1. The predicted octanol–water partition coefficient (Wildman–Crippen LogP) is 3.86. The van der Waals surface area contributed by atoms with Gasteiger partial charge in [-0.3, -0.25) is 9.63 Å². The number of nitrogens with one attached hydrogen (secondary N) is 1. The second-order valence-electron chi connectivity index (χ2n) is 16.8. The van der Waals surface area contributed by atoms with Crippen LogP contribution in [0.2, 0.25) is 0 Å². The maximum atomic E-state index is 14.2. The summed E-state index contributed by atoms with van der Waals surface area (Å²) >= 11 is 0. The van der Waals surface area contributed by atoms with Gasteiger partial charge in [0.1, 0.15) is 29.7 Å². The molecule has 4 aliphatic rings. The lowest BCUT2D eigenvalue weighted by Gasteiger charge is -2.47. The molecule has 0 saturated carbocycles. The van der Waals surface area contributed by atoms with Gasteiger partial charge in [-0.2, -0.15) is 5.48 Å². The summed E-state index contributed by atoms with van der Waals surface area (Å²) in [6.45, 7) is 15.4. The Hall–Kier alpha value is -1.78. The third-order valence-electron chi connectivity index (χ3n) is 12.4. The van der Waals surface area contributed by atoms with Crippen molar-refractivity contribution in [1.29, 1.82) is 0 Å². The Balaban J connectivity index is 1.49. The highest BCUT2D eigenvalue weighted by molar-refractivity contribution is 5.73. The van der Waals surface area contributed by atoms with Crippen molar-refractivity contribution in [2.75, 3.05) is 20.7 Å². The van der Waals surface area contributed by atoms with Crippen LogP contribution < -0.4 is 11.2 Å². The maximum Gasteiger partial charge on any atom is 0.311 e. The number of carbonyl (C=O) groups is 1. The molecule has 12 nitrogen and oxygen atoms in total. The van der Waals surface area contributed by atoms with E-state index < -0.39 is 65.8 Å². The number of hydrogen-bond acceptors (Lipinski definition) is 12. The van der Waals surface area contributed by atoms with Crippen molar-refractivity contribution in [3.8, 4) is 0 Å². The maximum absolute atomic E-state index is 14.2. The van der Waals surface area contributed by atoms with Crippen LogP contribution in [0.1, 0.15) is 92.7 Å². The summed E-state index contributed by atoms with van der Waals surface area (Å²) in [4.78, 5) is 22.1. The lowest BCUT2D eigenvalue weighted by molar-refractivity contribution is -0.300. The van der Waals surface area contributed by atoms with E-state index in [-0.39, 0.29) is 61.1 Å². The molecular weight excluding hydrogens is 673 g/mol. The van der Waals surface area contributed by atoms with Crippen molar-refractivity contribution in [3.63, 3.8) is 0 Å². The van der Waals surface area contributed by atoms with Gasteiger partial charge in [0.15, 0.2) is 6.29 Å². The van der Waals surface area contributed by atoms with Crippen molar-refractivity contribution in [1.82, 2.24) is 10.4 Å². The summed E-state index contributed by atoms with van der Waals surface area (Å²) in [7, 11) is 3.82. The summed E-state index contributed by atoms with van der Waals surface area (Å²) in [5.41, 5.74) is 8.33. The van der Waals surface area contributed by atoms with Crippen molar-refractivity contribution >= 4 is 5.97 Å². The minimum Gasteiger partial charge on any atom is -0.459 e. The second-order valence-corrected chi connectivity index (χ2v) is 16.8. The van der Waals surface area contributed by atoms with Crippen LogP contribution in [-0.4, -0.2) is 114 Å². The Bertz CT molecular complexity index is 1340. The third kappa shape index (κ3) is 8.54. The van der Waals surface area contributed by atoms with Gasteiger partial charge in [0, 0.05) is 23.9 Å². The van der Waals surface area contributed by atoms with Crippen LogP contribution in [0.15, 0.2) is 24.3 Å². The predicted molar refractivity (Wildman–Crippen MR) is 192 cm³/mol. The van der Waals surface area contributed by atoms with E-state index in [9.17, 15) is 19.4 Å². The number of rotatable bonds is 8. The van der Waals surface area contributed by atoms with E-state index in [1.165, 1.54) is 12.1 Å². The number of halogens is 1. The van der Waals surface area contributed by atoms with E-state index in [1.807, 2.05) is 60.5 Å². The van der Waals surface area contributed by atoms with E-state index in [2.05, 4.69) is 5.48 Å². The number of likely N-dealkylation sites (N-methyl/N-ethyl adjacent to an activating group) is 1. The third-order valence-corrected chi connectivity index (χ3v) is 12.4. The molecule has 4 saturated heterocycles. The fourth-order valence-electron chi connectivity index (χ4n) is 9.32. The van der Waals surface area contributed by atoms with Gasteiger partial charge in [-0.1, -0.05) is 39.8 Å². The standard InChI is InChI=1S/C39H64FN3O9/c1-11-30-39(8)34(41)22(4)32(51-39)20(2)18-38(7,46)35(50-37-31(44)29(43(9)10)16-21(3)48-37)23(5)33(24(6)36(45)49-30)47-19-27-17-28(42-52-27)25-12-14-26(40)15-13-25/h12-15,20-24,27-35,37,42,44,46H,11,16-19,41H2,1-10H3/t20-,21-,22+,23+,24-,27?,28?,29+,30-,31-,32+,33+,34+,35-,37?,38-,39?/m1/s1. The molecule has 5 rings (SSSR count). The van der Waals surface area contributed by atoms with Crippen LogP contribution in [0.5, 0.6) is 0 Å². The number of hydroxylamine groups is 1. The first-order valence-electron chi connectivity index (χ1n) is 19.2. The van der Waals surface area contributed by atoms with E-state index in [0.717, 1.165) is 5.56 Å². The number of nitrogens with zero attached hydrogens (tertiary/aromatic N) is 1. The van der Waals surface area contributed by atoms with Gasteiger partial charge in [-0.15, -0.1) is 0 Å². The first-order chi connectivity index (χ1) is 24.4. The highest BCUT2D eigenvalue weighted by Crippen LogP contribution is 2.45. The summed E-state index contributed by atoms with van der Waals surface area (Å²) in [5, 5.41) is 24.1. The number of aliphatic hydroxyl groups excluding tert-OH is 1. The van der Waals surface area contributed by atoms with Crippen LogP contribution in [-0.2, 0) is 33.3 Å². The van der Waals surface area contributed by atoms with Gasteiger partial charge in [-0.25, -0.2) is 4.39 Å². The molecule has 0 amide bonds. The van der Waals surface area contributed by atoms with Crippen molar-refractivity contribution in [2.45, 2.75) is 159 Å². The van der Waals surface area contributed by atoms with Crippen LogP contribution in [0.4, 0.5) is 4.39 Å². The Morgan fingerprint density at radius 2 is 1.75 bits per heavy atom. The molecule has 0 aromatic heterocycles. The van der Waals surface area contributed by atoms with Gasteiger partial charge in [0.25, 0.3) is 0 Å². The van der Waals surface area contributed by atoms with Gasteiger partial charge in [0.05, 0.1) is 48.6 Å². The molecule has 2 bridgehead atoms. The number of aliphatic hydroxyl groups is 2. The van der Waals surface area contributed by atoms with Crippen molar-refractivity contribution < 1.29 is 47.9 Å². The SMILES string of the molecule is CC[C@H]1OC(=O)[C@H](C)[C@@H](OCC2CC(c3ccc(F)cc3)NO2)[C@H](C)[C@@H](OC2O[C@H](C)C[C@H](N(C)C)[C@H]2O)[C@](C)(O)C[C@@H](C)[C@@H]2OC1(C)[C@@H](N)[C@H]2C. The van der Waals surface area contributed by atoms with Gasteiger partial charge in [0.2, 0.25) is 0 Å². The summed E-state index contributed by atoms with van der Waals surface area (Å²) in [6.07, 6.45) is -3.42. The molecule has 17 atom stereocenters. The Morgan fingerprint density at radius 1 is 1.08 bits per heavy atom. The highest BCUT2D eigenvalue weighted by Gasteiger charge is 2.57. The second kappa shape index (κ2) is 16.5. The molecule has 0 spiro atoms. The van der Waals surface area contributed by atoms with Crippen LogP contribution in [0.3, 0.4) is 0 Å². The summed E-state index contributed by atoms with van der Waals surface area (Å²) < 4.78 is 46.3. The number of ether oxygens (including phenoxy) is 5. The average Bonchev–Trinajstić information content (AvgIpc) is 3.65. The molecule has 52 heavy (non-hydrogen) atoms. The summed E-state index contributed by atoms with van der Waals surface area (Å²) in [5.74, 6) is -2.47. The molecule has 13 heteroatoms. The number of benzene rings is 1. The largest absolute Gasteiger partial charge is 0.459 e. The zero-order valence-corrected chi connectivity index (χ0v) is 32.7. The van der Waals surface area contributed by atoms with Crippen LogP contribution in [0.25, 0.3) is 0 Å². The molecule has 4 heterocycles. The van der Waals surface area contributed by atoms with Crippen molar-refractivity contribution in [3.05, 3.63) is 35.6 Å². The normalized spacial score (nSPS) is 46.4. The molecule has 4 aliphatic heterocycles. The minimum atomic E-state index is -1.50. The molecule has 4 fully saturated rings. The fraction of sp³-hybridized carbons (Fsp3) is 0.821. The molecule has 0 radical (unpaired) electrons. The first kappa shape index (κ1) is 41.4. The number of esters is 1. The quantitative estimate of drug-likeness (QED) is 0.287. The van der Waals surface area contributed by atoms with E-state index in [0.29, 0.717) is 19.3 Å². The smallest absolute Gasteiger partial charge is 0.311 e. The lowest BCUT2D eigenvalue weighted by atomic mass is 9.75. The van der Waals surface area contributed by atoms with Gasteiger partial charge < -0.3 is 44.5 Å². The number of fused-ring (bicyclic) bond motifs is 2. The van der Waals surface area contributed by atoms with Crippen LogP contribution >= 0.6 is 0 Å². The molecule has 5 N–H and O–H groups in total. The molecule has 1 aromatic carbocycles. The van der Waals surface area contributed by atoms with E-state index in [4.69, 9.17) is 34.3 Å². The average molecular weight is 738 g/mol. The molecule has 4 unspecified atom stereocenters. The zero-order valence-electron chi connectivity index (χ0n) is 32.7. The van der Waals surface area contributed by atoms with Gasteiger partial charge in [-0.05, 0) is 91.1 Å².